The third kappa shape index (κ3) is 6.66. The molecular formula is C26H23F3N4OS. The number of anilines is 1. The lowest BCUT2D eigenvalue weighted by molar-refractivity contribution is -0.137. The van der Waals surface area contributed by atoms with Gasteiger partial charge in [-0.05, 0) is 30.7 Å². The minimum atomic E-state index is -4.41. The summed E-state index contributed by atoms with van der Waals surface area (Å²) in [6.07, 6.45) is -3.72. The molecule has 0 atom stereocenters. The smallest absolute Gasteiger partial charge is 0.338 e. The number of urea groups is 1. The van der Waals surface area contributed by atoms with E-state index in [1.807, 2.05) is 60.7 Å². The summed E-state index contributed by atoms with van der Waals surface area (Å²) in [6, 6.07) is 23.8. The van der Waals surface area contributed by atoms with Crippen molar-refractivity contribution in [2.45, 2.75) is 17.8 Å². The van der Waals surface area contributed by atoms with Gasteiger partial charge in [-0.25, -0.2) is 9.78 Å². The number of nitrogens with zero attached hydrogens (tertiary/aromatic N) is 1. The van der Waals surface area contributed by atoms with Crippen LogP contribution in [0.3, 0.4) is 0 Å². The quantitative estimate of drug-likeness (QED) is 0.181. The molecule has 4 aromatic rings. The Labute approximate surface area is 205 Å². The second-order valence-electron chi connectivity index (χ2n) is 7.66. The van der Waals surface area contributed by atoms with Gasteiger partial charge < -0.3 is 15.6 Å². The van der Waals surface area contributed by atoms with Crippen molar-refractivity contribution in [1.29, 1.82) is 0 Å². The van der Waals surface area contributed by atoms with Gasteiger partial charge in [0.1, 0.15) is 0 Å². The number of aromatic nitrogens is 2. The van der Waals surface area contributed by atoms with Crippen molar-refractivity contribution in [2.24, 2.45) is 0 Å². The molecule has 3 aromatic carbocycles. The third-order valence-corrected chi connectivity index (χ3v) is 6.07. The first-order chi connectivity index (χ1) is 16.9. The average molecular weight is 497 g/mol. The molecule has 0 spiro atoms. The van der Waals surface area contributed by atoms with E-state index in [4.69, 9.17) is 4.98 Å². The lowest BCUT2D eigenvalue weighted by Crippen LogP contribution is -2.29. The molecule has 0 unspecified atom stereocenters. The van der Waals surface area contributed by atoms with E-state index in [2.05, 4.69) is 15.6 Å². The van der Waals surface area contributed by atoms with Crippen molar-refractivity contribution in [2.75, 3.05) is 17.6 Å². The Balaban J connectivity index is 1.29. The molecule has 1 heterocycles. The molecule has 5 nitrogen and oxygen atoms in total. The Hall–Kier alpha value is -3.72. The second kappa shape index (κ2) is 11.1. The summed E-state index contributed by atoms with van der Waals surface area (Å²) < 4.78 is 37.9. The topological polar surface area (TPSA) is 69.8 Å². The van der Waals surface area contributed by atoms with Crippen molar-refractivity contribution in [3.05, 3.63) is 90.5 Å². The molecule has 3 N–H and O–H groups in total. The predicted molar refractivity (Wildman–Crippen MR) is 133 cm³/mol. The van der Waals surface area contributed by atoms with Crippen molar-refractivity contribution in [3.8, 4) is 22.5 Å². The van der Waals surface area contributed by atoms with E-state index in [0.29, 0.717) is 18.7 Å². The van der Waals surface area contributed by atoms with Gasteiger partial charge in [-0.3, -0.25) is 0 Å². The molecule has 0 bridgehead atoms. The van der Waals surface area contributed by atoms with Crippen molar-refractivity contribution < 1.29 is 18.0 Å². The molecule has 0 radical (unpaired) electrons. The first-order valence-corrected chi connectivity index (χ1v) is 11.9. The standard InChI is InChI=1S/C26H23F3N4OS/c27-26(28,29)20-12-14-21(15-13-20)31-24(34)30-16-7-17-35-25-32-22(18-8-3-1-4-9-18)23(33-25)19-10-5-2-6-11-19/h1-6,8-15H,7,16-17H2,(H,32,33)(H2,30,31,34). The fraction of sp³-hybridized carbons (Fsp3) is 0.154. The largest absolute Gasteiger partial charge is 0.416 e. The number of carbonyl (C=O) groups excluding carboxylic acids is 1. The molecule has 4 rings (SSSR count). The highest BCUT2D eigenvalue weighted by Crippen LogP contribution is 2.33. The Morgan fingerprint density at radius 3 is 2.14 bits per heavy atom. The SMILES string of the molecule is O=C(NCCCSc1nc(-c2ccccc2)c(-c2ccccc2)[nH]1)Nc1ccc(C(F)(F)F)cc1. The number of thioether (sulfide) groups is 1. The summed E-state index contributed by atoms with van der Waals surface area (Å²) in [5.74, 6) is 0.719. The van der Waals surface area contributed by atoms with Crippen LogP contribution < -0.4 is 10.6 Å². The summed E-state index contributed by atoms with van der Waals surface area (Å²) in [5, 5.41) is 6.04. The number of halogens is 3. The van der Waals surface area contributed by atoms with Gasteiger partial charge >= 0.3 is 12.2 Å². The molecule has 35 heavy (non-hydrogen) atoms. The Morgan fingerprint density at radius 1 is 0.886 bits per heavy atom. The summed E-state index contributed by atoms with van der Waals surface area (Å²) in [7, 11) is 0. The number of carbonyl (C=O) groups is 1. The third-order valence-electron chi connectivity index (χ3n) is 5.11. The number of benzene rings is 3. The van der Waals surface area contributed by atoms with E-state index in [-0.39, 0.29) is 0 Å². The monoisotopic (exact) mass is 496 g/mol. The zero-order valence-electron chi connectivity index (χ0n) is 18.6. The van der Waals surface area contributed by atoms with Crippen LogP contribution in [0.25, 0.3) is 22.5 Å². The van der Waals surface area contributed by atoms with Crippen LogP contribution in [0.4, 0.5) is 23.7 Å². The zero-order chi connectivity index (χ0) is 24.7. The average Bonchev–Trinajstić information content (AvgIpc) is 3.29. The number of hydrogen-bond donors (Lipinski definition) is 3. The van der Waals surface area contributed by atoms with Crippen LogP contribution in [0.2, 0.25) is 0 Å². The number of alkyl halides is 3. The van der Waals surface area contributed by atoms with Crippen LogP contribution in [-0.4, -0.2) is 28.3 Å². The summed E-state index contributed by atoms with van der Waals surface area (Å²) in [5.41, 5.74) is 3.44. The first kappa shape index (κ1) is 24.4. The Bertz CT molecular complexity index is 1190. The second-order valence-corrected chi connectivity index (χ2v) is 8.74. The van der Waals surface area contributed by atoms with Gasteiger partial charge in [0.25, 0.3) is 0 Å². The predicted octanol–water partition coefficient (Wildman–Crippen LogP) is 7.07. The lowest BCUT2D eigenvalue weighted by atomic mass is 10.1. The van der Waals surface area contributed by atoms with Gasteiger partial charge in [0, 0.05) is 29.1 Å². The molecule has 9 heteroatoms. The first-order valence-electron chi connectivity index (χ1n) is 11.0. The van der Waals surface area contributed by atoms with Crippen molar-refractivity contribution >= 4 is 23.5 Å². The normalized spacial score (nSPS) is 11.3. The number of amides is 2. The molecule has 180 valence electrons. The highest BCUT2D eigenvalue weighted by atomic mass is 32.2. The maximum Gasteiger partial charge on any atom is 0.416 e. The van der Waals surface area contributed by atoms with E-state index in [0.717, 1.165) is 45.6 Å². The maximum absolute atomic E-state index is 12.6. The van der Waals surface area contributed by atoms with Crippen LogP contribution in [-0.2, 0) is 6.18 Å². The van der Waals surface area contributed by atoms with E-state index >= 15 is 0 Å². The van der Waals surface area contributed by atoms with Gasteiger partial charge in [-0.15, -0.1) is 0 Å². The molecular weight excluding hydrogens is 473 g/mol. The minimum absolute atomic E-state index is 0.294. The fourth-order valence-corrected chi connectivity index (χ4v) is 4.21. The van der Waals surface area contributed by atoms with Crippen molar-refractivity contribution in [1.82, 2.24) is 15.3 Å². The Kier molecular flexibility index (Phi) is 7.77. The number of H-pyrrole nitrogens is 1. The number of nitrogens with one attached hydrogen (secondary N) is 3. The van der Waals surface area contributed by atoms with Crippen LogP contribution >= 0.6 is 11.8 Å². The lowest BCUT2D eigenvalue weighted by Gasteiger charge is -2.09. The fourth-order valence-electron chi connectivity index (χ4n) is 3.40. The molecule has 0 saturated carbocycles. The molecule has 0 fully saturated rings. The minimum Gasteiger partial charge on any atom is -0.338 e. The Morgan fingerprint density at radius 2 is 1.51 bits per heavy atom. The van der Waals surface area contributed by atoms with E-state index in [1.165, 1.54) is 12.1 Å². The van der Waals surface area contributed by atoms with Crippen LogP contribution in [0, 0.1) is 0 Å². The van der Waals surface area contributed by atoms with E-state index in [1.54, 1.807) is 11.8 Å². The summed E-state index contributed by atoms with van der Waals surface area (Å²) in [6.45, 7) is 0.414. The van der Waals surface area contributed by atoms with Gasteiger partial charge in [-0.2, -0.15) is 13.2 Å². The highest BCUT2D eigenvalue weighted by molar-refractivity contribution is 7.99. The van der Waals surface area contributed by atoms with E-state index < -0.39 is 17.8 Å². The van der Waals surface area contributed by atoms with Crippen LogP contribution in [0.15, 0.2) is 90.1 Å². The van der Waals surface area contributed by atoms with Gasteiger partial charge in [0.15, 0.2) is 5.16 Å². The van der Waals surface area contributed by atoms with E-state index in [9.17, 15) is 18.0 Å². The number of rotatable bonds is 8. The van der Waals surface area contributed by atoms with Gasteiger partial charge in [-0.1, -0.05) is 72.4 Å². The zero-order valence-corrected chi connectivity index (χ0v) is 19.4. The molecule has 0 aliphatic heterocycles. The summed E-state index contributed by atoms with van der Waals surface area (Å²) in [4.78, 5) is 20.2. The molecule has 2 amide bonds. The maximum atomic E-state index is 12.6. The van der Waals surface area contributed by atoms with Crippen LogP contribution in [0.1, 0.15) is 12.0 Å². The molecule has 1 aromatic heterocycles. The molecule has 0 aliphatic rings. The van der Waals surface area contributed by atoms with Crippen molar-refractivity contribution in [3.63, 3.8) is 0 Å². The summed E-state index contributed by atoms with van der Waals surface area (Å²) >= 11 is 1.56. The van der Waals surface area contributed by atoms with Gasteiger partial charge in [0.2, 0.25) is 0 Å². The number of hydrogen-bond acceptors (Lipinski definition) is 3. The highest BCUT2D eigenvalue weighted by Gasteiger charge is 2.30. The number of aromatic amines is 1. The van der Waals surface area contributed by atoms with Gasteiger partial charge in [0.05, 0.1) is 17.0 Å². The molecule has 0 saturated heterocycles. The van der Waals surface area contributed by atoms with Crippen LogP contribution in [0.5, 0.6) is 0 Å². The molecule has 0 aliphatic carbocycles. The number of imidazole rings is 1.